The van der Waals surface area contributed by atoms with Crippen molar-refractivity contribution in [3.8, 4) is 0 Å². The Morgan fingerprint density at radius 1 is 1.41 bits per heavy atom. The van der Waals surface area contributed by atoms with E-state index in [1.807, 2.05) is 32.9 Å². The molecule has 0 saturated carbocycles. The van der Waals surface area contributed by atoms with E-state index in [0.717, 1.165) is 44.1 Å². The van der Waals surface area contributed by atoms with E-state index in [9.17, 15) is 4.79 Å². The van der Waals surface area contributed by atoms with E-state index in [-0.39, 0.29) is 12.2 Å². The number of carbonyl (C=O) groups is 1. The molecule has 0 spiro atoms. The summed E-state index contributed by atoms with van der Waals surface area (Å²) in [4.78, 5) is 18.0. The van der Waals surface area contributed by atoms with Crippen LogP contribution < -0.4 is 4.72 Å². The SMILES string of the molecule is CC(C)(C)OC(=O)N1CC[C@@H](OCCCCC(CCc2cccnc2Cl)NS)C1. The van der Waals surface area contributed by atoms with E-state index in [1.165, 1.54) is 0 Å². The van der Waals surface area contributed by atoms with Gasteiger partial charge in [0.05, 0.1) is 12.6 Å². The summed E-state index contributed by atoms with van der Waals surface area (Å²) in [6.07, 6.45) is 7.34. The van der Waals surface area contributed by atoms with Crippen LogP contribution in [0.4, 0.5) is 4.79 Å². The minimum absolute atomic E-state index is 0.106. The smallest absolute Gasteiger partial charge is 0.410 e. The standard InChI is InChI=1S/C21H34ClN3O3S/c1-21(2,3)28-20(26)25-13-11-18(15-25)27-14-5-4-8-17(24-29)10-9-16-7-6-12-23-19(16)22/h6-7,12,17-18,24,29H,4-5,8-11,13-15H2,1-3H3/t17?,18-/m1/s1. The van der Waals surface area contributed by atoms with Gasteiger partial charge in [0.15, 0.2) is 0 Å². The van der Waals surface area contributed by atoms with Crippen molar-refractivity contribution in [2.45, 2.75) is 77.0 Å². The summed E-state index contributed by atoms with van der Waals surface area (Å²) in [7, 11) is 0. The summed E-state index contributed by atoms with van der Waals surface area (Å²) in [5, 5.41) is 0.579. The molecule has 29 heavy (non-hydrogen) atoms. The van der Waals surface area contributed by atoms with Gasteiger partial charge < -0.3 is 14.4 Å². The Morgan fingerprint density at radius 2 is 2.21 bits per heavy atom. The molecule has 1 aromatic rings. The van der Waals surface area contributed by atoms with Gasteiger partial charge in [0.2, 0.25) is 0 Å². The molecule has 1 aliphatic heterocycles. The van der Waals surface area contributed by atoms with E-state index in [1.54, 1.807) is 11.1 Å². The fraction of sp³-hybridized carbons (Fsp3) is 0.714. The first-order valence-electron chi connectivity index (χ1n) is 10.4. The Hall–Kier alpha value is -1.02. The van der Waals surface area contributed by atoms with E-state index in [4.69, 9.17) is 21.1 Å². The maximum Gasteiger partial charge on any atom is 0.410 e. The van der Waals surface area contributed by atoms with Crippen molar-refractivity contribution in [3.05, 3.63) is 29.0 Å². The minimum Gasteiger partial charge on any atom is -0.444 e. The normalized spacial score (nSPS) is 18.1. The van der Waals surface area contributed by atoms with Crippen LogP contribution in [0, 0.1) is 0 Å². The number of hydrogen-bond acceptors (Lipinski definition) is 6. The quantitative estimate of drug-likeness (QED) is 0.312. The van der Waals surface area contributed by atoms with Crippen molar-refractivity contribution in [2.75, 3.05) is 19.7 Å². The van der Waals surface area contributed by atoms with Gasteiger partial charge in [-0.3, -0.25) is 4.72 Å². The Kier molecular flexibility index (Phi) is 10.0. The molecule has 0 aliphatic carbocycles. The highest BCUT2D eigenvalue weighted by atomic mass is 35.5. The number of likely N-dealkylation sites (tertiary alicyclic amines) is 1. The number of pyridine rings is 1. The highest BCUT2D eigenvalue weighted by Gasteiger charge is 2.30. The van der Waals surface area contributed by atoms with E-state index >= 15 is 0 Å². The zero-order chi connectivity index (χ0) is 21.3. The average molecular weight is 444 g/mol. The zero-order valence-corrected chi connectivity index (χ0v) is 19.3. The van der Waals surface area contributed by atoms with E-state index in [0.29, 0.717) is 30.9 Å². The number of hydrogen-bond donors (Lipinski definition) is 2. The summed E-state index contributed by atoms with van der Waals surface area (Å²) < 4.78 is 14.5. The molecular weight excluding hydrogens is 410 g/mol. The number of amides is 1. The summed E-state index contributed by atoms with van der Waals surface area (Å²) in [6, 6.07) is 4.25. The van der Waals surface area contributed by atoms with Gasteiger partial charge in [-0.2, -0.15) is 0 Å². The summed E-state index contributed by atoms with van der Waals surface area (Å²) in [5.41, 5.74) is 0.609. The van der Waals surface area contributed by atoms with Gasteiger partial charge in [0.25, 0.3) is 0 Å². The second kappa shape index (κ2) is 12.0. The van der Waals surface area contributed by atoms with E-state index in [2.05, 4.69) is 22.5 Å². The summed E-state index contributed by atoms with van der Waals surface area (Å²) in [6.45, 7) is 7.66. The van der Waals surface area contributed by atoms with Gasteiger partial charge in [-0.05, 0) is 70.9 Å². The Labute approximate surface area is 185 Å². The molecule has 1 aliphatic rings. The number of aryl methyl sites for hydroxylation is 1. The van der Waals surface area contributed by atoms with Crippen LogP contribution in [0.3, 0.4) is 0 Å². The van der Waals surface area contributed by atoms with Crippen molar-refractivity contribution >= 4 is 30.5 Å². The minimum atomic E-state index is -0.462. The molecule has 2 rings (SSSR count). The second-order valence-electron chi connectivity index (χ2n) is 8.52. The topological polar surface area (TPSA) is 63.7 Å². The third-order valence-corrected chi connectivity index (χ3v) is 5.58. The molecule has 1 saturated heterocycles. The zero-order valence-electron chi connectivity index (χ0n) is 17.7. The molecule has 0 bridgehead atoms. The molecule has 1 aromatic heterocycles. The number of ether oxygens (including phenoxy) is 2. The number of thiol groups is 1. The van der Waals surface area contributed by atoms with Crippen molar-refractivity contribution in [2.24, 2.45) is 0 Å². The van der Waals surface area contributed by atoms with Crippen LogP contribution in [0.25, 0.3) is 0 Å². The molecule has 164 valence electrons. The number of nitrogens with zero attached hydrogens (tertiary/aromatic N) is 2. The lowest BCUT2D eigenvalue weighted by molar-refractivity contribution is 0.0206. The van der Waals surface area contributed by atoms with Gasteiger partial charge in [0, 0.05) is 25.4 Å². The Bertz CT molecular complexity index is 642. The van der Waals surface area contributed by atoms with Crippen molar-refractivity contribution in [1.29, 1.82) is 0 Å². The maximum atomic E-state index is 12.1. The van der Waals surface area contributed by atoms with Crippen LogP contribution >= 0.6 is 24.4 Å². The molecule has 1 fully saturated rings. The van der Waals surface area contributed by atoms with Crippen molar-refractivity contribution < 1.29 is 14.3 Å². The first-order chi connectivity index (χ1) is 13.8. The molecule has 0 aromatic carbocycles. The molecule has 2 atom stereocenters. The van der Waals surface area contributed by atoms with Gasteiger partial charge in [0.1, 0.15) is 10.8 Å². The Morgan fingerprint density at radius 3 is 2.90 bits per heavy atom. The summed E-state index contributed by atoms with van der Waals surface area (Å²) in [5.74, 6) is 0. The highest BCUT2D eigenvalue weighted by molar-refractivity contribution is 7.78. The first kappa shape index (κ1) is 24.3. The number of aromatic nitrogens is 1. The predicted octanol–water partition coefficient (Wildman–Crippen LogP) is 4.67. The van der Waals surface area contributed by atoms with Crippen LogP contribution in [0.15, 0.2) is 18.3 Å². The molecule has 0 radical (unpaired) electrons. The van der Waals surface area contributed by atoms with Crippen LogP contribution in [-0.2, 0) is 15.9 Å². The third-order valence-electron chi connectivity index (χ3n) is 4.88. The van der Waals surface area contributed by atoms with Crippen LogP contribution in [-0.4, -0.2) is 53.4 Å². The van der Waals surface area contributed by atoms with Gasteiger partial charge in [-0.1, -0.05) is 30.5 Å². The molecule has 1 N–H and O–H groups in total. The molecular formula is C21H34ClN3O3S. The molecule has 8 heteroatoms. The fourth-order valence-corrected chi connectivity index (χ4v) is 3.78. The third kappa shape index (κ3) is 9.11. The predicted molar refractivity (Wildman–Crippen MR) is 119 cm³/mol. The molecule has 2 heterocycles. The summed E-state index contributed by atoms with van der Waals surface area (Å²) >= 11 is 10.4. The second-order valence-corrected chi connectivity index (χ2v) is 9.14. The number of carbonyl (C=O) groups excluding carboxylic acids is 1. The maximum absolute atomic E-state index is 12.1. The number of halogens is 1. The van der Waals surface area contributed by atoms with Gasteiger partial charge >= 0.3 is 6.09 Å². The lowest BCUT2D eigenvalue weighted by Gasteiger charge is -2.24. The number of rotatable bonds is 10. The number of nitrogens with one attached hydrogen (secondary N) is 1. The van der Waals surface area contributed by atoms with Crippen molar-refractivity contribution in [1.82, 2.24) is 14.6 Å². The van der Waals surface area contributed by atoms with Gasteiger partial charge in [-0.15, -0.1) is 0 Å². The van der Waals surface area contributed by atoms with Crippen molar-refractivity contribution in [3.63, 3.8) is 0 Å². The average Bonchev–Trinajstić information content (AvgIpc) is 3.13. The van der Waals surface area contributed by atoms with Crippen LogP contribution in [0.1, 0.15) is 58.4 Å². The molecule has 6 nitrogen and oxygen atoms in total. The largest absolute Gasteiger partial charge is 0.444 e. The lowest BCUT2D eigenvalue weighted by Crippen LogP contribution is -2.36. The van der Waals surface area contributed by atoms with Crippen LogP contribution in [0.5, 0.6) is 0 Å². The molecule has 1 unspecified atom stereocenters. The van der Waals surface area contributed by atoms with E-state index < -0.39 is 5.60 Å². The highest BCUT2D eigenvalue weighted by Crippen LogP contribution is 2.19. The first-order valence-corrected chi connectivity index (χ1v) is 11.2. The van der Waals surface area contributed by atoms with Gasteiger partial charge in [-0.25, -0.2) is 9.78 Å². The molecule has 1 amide bonds. The fourth-order valence-electron chi connectivity index (χ4n) is 3.31. The van der Waals surface area contributed by atoms with Crippen LogP contribution in [0.2, 0.25) is 5.15 Å². The monoisotopic (exact) mass is 443 g/mol. The number of unbranched alkanes of at least 4 members (excludes halogenated alkanes) is 1. The lowest BCUT2D eigenvalue weighted by atomic mass is 10.0. The Balaban J connectivity index is 1.58.